The number of rotatable bonds is 9. The van der Waals surface area contributed by atoms with Crippen LogP contribution in [0.5, 0.6) is 0 Å². The Bertz CT molecular complexity index is 616. The summed E-state index contributed by atoms with van der Waals surface area (Å²) in [6, 6.07) is 31.2. The Balaban J connectivity index is 1.56. The predicted octanol–water partition coefficient (Wildman–Crippen LogP) is 5.68. The van der Waals surface area contributed by atoms with Crippen LogP contribution in [0.15, 0.2) is 91.0 Å². The zero-order chi connectivity index (χ0) is 17.2. The van der Waals surface area contributed by atoms with Crippen molar-refractivity contribution in [3.63, 3.8) is 0 Å². The molecule has 0 unspecified atom stereocenters. The Hall–Kier alpha value is -2.51. The van der Waals surface area contributed by atoms with Gasteiger partial charge in [-0.3, -0.25) is 0 Å². The van der Waals surface area contributed by atoms with Gasteiger partial charge in [0.15, 0.2) is 0 Å². The van der Waals surface area contributed by atoms with Crippen molar-refractivity contribution in [1.82, 2.24) is 0 Å². The third kappa shape index (κ3) is 6.13. The molecule has 3 N–H and O–H groups in total. The Morgan fingerprint density at radius 2 is 0.720 bits per heavy atom. The van der Waals surface area contributed by atoms with E-state index in [2.05, 4.69) is 88.7 Å². The minimum Gasteiger partial charge on any atom is -0.381 e. The molecule has 3 nitrogen and oxygen atoms in total. The molecule has 0 radical (unpaired) electrons. The molecule has 0 heterocycles. The van der Waals surface area contributed by atoms with Crippen LogP contribution in [-0.2, 0) is 0 Å². The number of nitrogens with one attached hydrogen (secondary N) is 3. The van der Waals surface area contributed by atoms with Crippen molar-refractivity contribution in [2.45, 2.75) is 0 Å². The Labute approximate surface area is 151 Å². The van der Waals surface area contributed by atoms with Crippen LogP contribution in [0, 0.1) is 0 Å². The van der Waals surface area contributed by atoms with Gasteiger partial charge in [0.25, 0.3) is 0 Å². The monoisotopic (exact) mass is 349 g/mol. The van der Waals surface area contributed by atoms with Crippen molar-refractivity contribution in [2.75, 3.05) is 34.8 Å². The summed E-state index contributed by atoms with van der Waals surface area (Å²) >= 11 is 0. The van der Waals surface area contributed by atoms with Gasteiger partial charge in [0.1, 0.15) is 0 Å². The van der Waals surface area contributed by atoms with E-state index in [1.807, 2.05) is 18.2 Å². The molecule has 0 aliphatic rings. The van der Waals surface area contributed by atoms with E-state index in [0.717, 1.165) is 18.9 Å². The summed E-state index contributed by atoms with van der Waals surface area (Å²) in [4.78, 5) is 0. The fraction of sp³-hybridized carbons (Fsp3) is 0.143. The molecular formula is C21H24N3P. The lowest BCUT2D eigenvalue weighted by Crippen LogP contribution is -2.13. The van der Waals surface area contributed by atoms with E-state index < -0.39 is 0 Å². The Kier molecular flexibility index (Phi) is 6.72. The van der Waals surface area contributed by atoms with Crippen molar-refractivity contribution < 1.29 is 0 Å². The number of benzene rings is 3. The maximum absolute atomic E-state index is 3.57. The first-order valence-electron chi connectivity index (χ1n) is 8.49. The normalized spacial score (nSPS) is 10.4. The predicted molar refractivity (Wildman–Crippen MR) is 112 cm³/mol. The second-order valence-corrected chi connectivity index (χ2v) is 8.06. The zero-order valence-electron chi connectivity index (χ0n) is 14.2. The van der Waals surface area contributed by atoms with Crippen molar-refractivity contribution in [3.05, 3.63) is 91.0 Å². The molecular weight excluding hydrogens is 325 g/mol. The highest BCUT2D eigenvalue weighted by atomic mass is 31.1. The summed E-state index contributed by atoms with van der Waals surface area (Å²) in [6.45, 7) is 0. The molecule has 0 spiro atoms. The molecule has 128 valence electrons. The maximum Gasteiger partial charge on any atom is 0.0381 e. The smallest absolute Gasteiger partial charge is 0.0381 e. The molecule has 0 fully saturated rings. The standard InChI is InChI=1S/C21H24N3P/c1-4-10-19(11-5-1)22-16-25(17-23-20-12-6-2-7-13-20)18-24-21-14-8-3-9-15-21/h1-15,22-24H,16-18H2. The molecule has 0 atom stereocenters. The number of hydrogen-bond acceptors (Lipinski definition) is 3. The average molecular weight is 349 g/mol. The molecule has 3 aromatic carbocycles. The Morgan fingerprint density at radius 3 is 1.00 bits per heavy atom. The van der Waals surface area contributed by atoms with Crippen LogP contribution in [0.3, 0.4) is 0 Å². The summed E-state index contributed by atoms with van der Waals surface area (Å²) < 4.78 is 0. The Morgan fingerprint density at radius 1 is 0.440 bits per heavy atom. The minimum atomic E-state index is -0.265. The fourth-order valence-corrected chi connectivity index (χ4v) is 4.00. The van der Waals surface area contributed by atoms with Gasteiger partial charge in [-0.05, 0) is 44.3 Å². The third-order valence-electron chi connectivity index (χ3n) is 3.84. The first-order valence-corrected chi connectivity index (χ1v) is 10.4. The molecule has 0 aromatic heterocycles. The summed E-state index contributed by atoms with van der Waals surface area (Å²) in [5, 5.41) is 10.7. The van der Waals surface area contributed by atoms with Gasteiger partial charge in [0.05, 0.1) is 0 Å². The molecule has 0 amide bonds. The number of para-hydroxylation sites is 3. The maximum atomic E-state index is 3.57. The van der Waals surface area contributed by atoms with Gasteiger partial charge in [0, 0.05) is 35.9 Å². The van der Waals surface area contributed by atoms with Gasteiger partial charge in [-0.1, -0.05) is 54.6 Å². The van der Waals surface area contributed by atoms with Gasteiger partial charge in [-0.25, -0.2) is 0 Å². The first kappa shape index (κ1) is 17.3. The lowest BCUT2D eigenvalue weighted by atomic mass is 10.3. The number of anilines is 3. The quantitative estimate of drug-likeness (QED) is 0.435. The molecule has 3 rings (SSSR count). The summed E-state index contributed by atoms with van der Waals surface area (Å²) in [6.07, 6.45) is 2.91. The second kappa shape index (κ2) is 9.71. The van der Waals surface area contributed by atoms with E-state index in [0.29, 0.717) is 0 Å². The van der Waals surface area contributed by atoms with Crippen LogP contribution in [0.1, 0.15) is 0 Å². The van der Waals surface area contributed by atoms with Gasteiger partial charge >= 0.3 is 0 Å². The largest absolute Gasteiger partial charge is 0.381 e. The van der Waals surface area contributed by atoms with Crippen molar-refractivity contribution in [2.24, 2.45) is 0 Å². The van der Waals surface area contributed by atoms with E-state index >= 15 is 0 Å². The molecule has 4 heteroatoms. The van der Waals surface area contributed by atoms with Crippen molar-refractivity contribution >= 4 is 25.0 Å². The van der Waals surface area contributed by atoms with Gasteiger partial charge in [-0.15, -0.1) is 0 Å². The molecule has 0 bridgehead atoms. The van der Waals surface area contributed by atoms with Crippen LogP contribution in [0.4, 0.5) is 17.1 Å². The zero-order valence-corrected chi connectivity index (χ0v) is 15.1. The summed E-state index contributed by atoms with van der Waals surface area (Å²) in [5.74, 6) is 0. The van der Waals surface area contributed by atoms with Crippen molar-refractivity contribution in [3.8, 4) is 0 Å². The van der Waals surface area contributed by atoms with E-state index in [1.54, 1.807) is 0 Å². The molecule has 25 heavy (non-hydrogen) atoms. The highest BCUT2D eigenvalue weighted by Gasteiger charge is 2.08. The van der Waals surface area contributed by atoms with E-state index in [1.165, 1.54) is 17.1 Å². The first-order chi connectivity index (χ1) is 12.4. The third-order valence-corrected chi connectivity index (χ3v) is 5.66. The minimum absolute atomic E-state index is 0.265. The van der Waals surface area contributed by atoms with Crippen LogP contribution >= 0.6 is 7.92 Å². The van der Waals surface area contributed by atoms with Gasteiger partial charge in [-0.2, -0.15) is 0 Å². The highest BCUT2D eigenvalue weighted by molar-refractivity contribution is 7.58. The van der Waals surface area contributed by atoms with Crippen LogP contribution in [0.25, 0.3) is 0 Å². The molecule has 3 aromatic rings. The van der Waals surface area contributed by atoms with E-state index in [4.69, 9.17) is 0 Å². The molecule has 0 saturated carbocycles. The van der Waals surface area contributed by atoms with Crippen molar-refractivity contribution in [1.29, 1.82) is 0 Å². The SMILES string of the molecule is c1ccc(NCP(CNc2ccccc2)CNc2ccccc2)cc1. The van der Waals surface area contributed by atoms with E-state index in [-0.39, 0.29) is 7.92 Å². The lowest BCUT2D eigenvalue weighted by molar-refractivity contribution is 1.33. The summed E-state index contributed by atoms with van der Waals surface area (Å²) in [5.41, 5.74) is 3.53. The average Bonchev–Trinajstić information content (AvgIpc) is 2.70. The van der Waals surface area contributed by atoms with Crippen LogP contribution < -0.4 is 16.0 Å². The van der Waals surface area contributed by atoms with Gasteiger partial charge < -0.3 is 16.0 Å². The second-order valence-electron chi connectivity index (χ2n) is 5.77. The van der Waals surface area contributed by atoms with Crippen LogP contribution in [-0.4, -0.2) is 18.9 Å². The fourth-order valence-electron chi connectivity index (χ4n) is 2.44. The highest BCUT2D eigenvalue weighted by Crippen LogP contribution is 2.35. The van der Waals surface area contributed by atoms with Gasteiger partial charge in [0.2, 0.25) is 0 Å². The van der Waals surface area contributed by atoms with Crippen LogP contribution in [0.2, 0.25) is 0 Å². The lowest BCUT2D eigenvalue weighted by Gasteiger charge is -2.21. The number of hydrogen-bond donors (Lipinski definition) is 3. The van der Waals surface area contributed by atoms with E-state index in [9.17, 15) is 0 Å². The topological polar surface area (TPSA) is 36.1 Å². The molecule has 0 aliphatic carbocycles. The summed E-state index contributed by atoms with van der Waals surface area (Å²) in [7, 11) is -0.265. The molecule has 0 aliphatic heterocycles. The molecule has 0 saturated heterocycles.